The number of nitrogens with two attached hydrogens (primary N) is 1. The number of aliphatic hydroxyl groups excluding tert-OH is 1. The molecule has 1 aromatic heterocycles. The Morgan fingerprint density at radius 1 is 1.12 bits per heavy atom. The Kier molecular flexibility index (Phi) is 6.93. The third kappa shape index (κ3) is 5.33. The van der Waals surface area contributed by atoms with Gasteiger partial charge in [0.2, 0.25) is 11.9 Å². The highest BCUT2D eigenvalue weighted by Gasteiger charge is 2.25. The van der Waals surface area contributed by atoms with Crippen molar-refractivity contribution in [1.29, 1.82) is 0 Å². The predicted octanol–water partition coefficient (Wildman–Crippen LogP) is 1.20. The quantitative estimate of drug-likeness (QED) is 0.595. The van der Waals surface area contributed by atoms with Crippen LogP contribution in [0.15, 0.2) is 30.5 Å². The number of hydrogen-bond acceptors (Lipinski definition) is 8. The Labute approximate surface area is 193 Å². The van der Waals surface area contributed by atoms with Crippen LogP contribution < -0.4 is 20.9 Å². The largest absolute Gasteiger partial charge is 0.396 e. The molecule has 3 heterocycles. The molecule has 2 aliphatic heterocycles. The topological polar surface area (TPSA) is 128 Å². The van der Waals surface area contributed by atoms with Crippen LogP contribution in [0.1, 0.15) is 30.1 Å². The van der Waals surface area contributed by atoms with Crippen LogP contribution >= 0.6 is 0 Å². The maximum absolute atomic E-state index is 11.9. The van der Waals surface area contributed by atoms with Crippen molar-refractivity contribution in [2.75, 3.05) is 61.0 Å². The van der Waals surface area contributed by atoms with Gasteiger partial charge in [0.1, 0.15) is 11.4 Å². The minimum atomic E-state index is -0.572. The van der Waals surface area contributed by atoms with Crippen molar-refractivity contribution in [2.45, 2.75) is 19.8 Å². The second-order valence-electron chi connectivity index (χ2n) is 8.60. The molecule has 4 rings (SSSR count). The highest BCUT2D eigenvalue weighted by atomic mass is 16.3. The Bertz CT molecular complexity index is 990. The second kappa shape index (κ2) is 10.0. The second-order valence-corrected chi connectivity index (χ2v) is 8.60. The predicted molar refractivity (Wildman–Crippen MR) is 127 cm³/mol. The number of rotatable bonds is 6. The van der Waals surface area contributed by atoms with Crippen LogP contribution in [-0.2, 0) is 4.79 Å². The van der Waals surface area contributed by atoms with E-state index in [1.807, 2.05) is 34.1 Å². The van der Waals surface area contributed by atoms with E-state index in [0.717, 1.165) is 56.9 Å². The lowest BCUT2D eigenvalue weighted by Crippen LogP contribution is -2.48. The van der Waals surface area contributed by atoms with Crippen molar-refractivity contribution in [3.63, 3.8) is 0 Å². The Morgan fingerprint density at radius 3 is 2.48 bits per heavy atom. The molecule has 2 aromatic rings. The number of hydrogen-bond donors (Lipinski definition) is 3. The molecule has 2 saturated heterocycles. The minimum Gasteiger partial charge on any atom is -0.396 e. The van der Waals surface area contributed by atoms with E-state index in [-0.39, 0.29) is 24.0 Å². The molecular weight excluding hydrogens is 422 g/mol. The molecule has 1 unspecified atom stereocenters. The molecule has 0 spiro atoms. The standard InChI is InChI=1S/C23H31N7O3/c1-16(32)28-9-11-29(12-10-28)19-6-4-18(5-7-19)26-23-25-13-20(21(24)33)22(27-23)30-8-2-3-17(14-30)15-31/h4-7,13,17,31H,2-3,8-12,14-15H2,1H3,(H2,24,33)(H,25,26,27). The third-order valence-corrected chi connectivity index (χ3v) is 6.32. The highest BCUT2D eigenvalue weighted by molar-refractivity contribution is 5.97. The lowest BCUT2D eigenvalue weighted by atomic mass is 9.99. The summed E-state index contributed by atoms with van der Waals surface area (Å²) in [7, 11) is 0. The fraction of sp³-hybridized carbons (Fsp3) is 0.478. The van der Waals surface area contributed by atoms with Crippen molar-refractivity contribution in [3.8, 4) is 0 Å². The lowest BCUT2D eigenvalue weighted by Gasteiger charge is -2.35. The van der Waals surface area contributed by atoms with Gasteiger partial charge in [-0.1, -0.05) is 0 Å². The van der Waals surface area contributed by atoms with Crippen LogP contribution in [0.25, 0.3) is 0 Å². The summed E-state index contributed by atoms with van der Waals surface area (Å²) in [4.78, 5) is 38.5. The summed E-state index contributed by atoms with van der Waals surface area (Å²) in [6.07, 6.45) is 3.32. The average Bonchev–Trinajstić information content (AvgIpc) is 2.84. The molecule has 2 aliphatic rings. The van der Waals surface area contributed by atoms with E-state index in [1.54, 1.807) is 6.92 Å². The molecule has 0 radical (unpaired) electrons. The number of aliphatic hydroxyl groups is 1. The molecule has 4 N–H and O–H groups in total. The zero-order valence-corrected chi connectivity index (χ0v) is 18.9. The van der Waals surface area contributed by atoms with Gasteiger partial charge in [0.25, 0.3) is 5.91 Å². The number of nitrogens with zero attached hydrogens (tertiary/aromatic N) is 5. The number of primary amides is 1. The van der Waals surface area contributed by atoms with E-state index in [2.05, 4.69) is 20.2 Å². The van der Waals surface area contributed by atoms with E-state index in [9.17, 15) is 14.7 Å². The van der Waals surface area contributed by atoms with Crippen molar-refractivity contribution in [1.82, 2.24) is 14.9 Å². The molecule has 176 valence electrons. The molecule has 1 atom stereocenters. The van der Waals surface area contributed by atoms with E-state index in [4.69, 9.17) is 5.73 Å². The Hall–Kier alpha value is -3.40. The van der Waals surface area contributed by atoms with Gasteiger partial charge in [0.15, 0.2) is 0 Å². The number of piperidine rings is 1. The maximum Gasteiger partial charge on any atom is 0.254 e. The number of piperazine rings is 1. The van der Waals surface area contributed by atoms with Crippen LogP contribution in [0.5, 0.6) is 0 Å². The molecule has 0 bridgehead atoms. The van der Waals surface area contributed by atoms with Gasteiger partial charge in [-0.2, -0.15) is 4.98 Å². The summed E-state index contributed by atoms with van der Waals surface area (Å²) >= 11 is 0. The highest BCUT2D eigenvalue weighted by Crippen LogP contribution is 2.27. The van der Waals surface area contributed by atoms with Gasteiger partial charge >= 0.3 is 0 Å². The lowest BCUT2D eigenvalue weighted by molar-refractivity contribution is -0.129. The van der Waals surface area contributed by atoms with Gasteiger partial charge in [0.05, 0.1) is 0 Å². The van der Waals surface area contributed by atoms with Crippen molar-refractivity contribution >= 4 is 35.0 Å². The molecule has 33 heavy (non-hydrogen) atoms. The van der Waals surface area contributed by atoms with Gasteiger partial charge in [-0.05, 0) is 43.0 Å². The van der Waals surface area contributed by atoms with Crippen molar-refractivity contribution in [3.05, 3.63) is 36.0 Å². The molecule has 2 amide bonds. The van der Waals surface area contributed by atoms with Crippen molar-refractivity contribution < 1.29 is 14.7 Å². The first-order chi connectivity index (χ1) is 15.9. The van der Waals surface area contributed by atoms with Gasteiger partial charge < -0.3 is 30.9 Å². The van der Waals surface area contributed by atoms with Gasteiger partial charge in [-0.15, -0.1) is 0 Å². The summed E-state index contributed by atoms with van der Waals surface area (Å²) in [5, 5.41) is 12.8. The third-order valence-electron chi connectivity index (χ3n) is 6.32. The first kappa shape index (κ1) is 22.8. The number of anilines is 4. The van der Waals surface area contributed by atoms with Gasteiger partial charge in [0, 0.05) is 70.4 Å². The molecule has 0 saturated carbocycles. The molecule has 10 heteroatoms. The number of carbonyl (C=O) groups is 2. The number of aromatic nitrogens is 2. The van der Waals surface area contributed by atoms with Crippen molar-refractivity contribution in [2.24, 2.45) is 11.7 Å². The Balaban J connectivity index is 1.46. The van der Waals surface area contributed by atoms with Crippen LogP contribution in [-0.4, -0.2) is 77.7 Å². The van der Waals surface area contributed by atoms with Gasteiger partial charge in [-0.25, -0.2) is 4.98 Å². The summed E-state index contributed by atoms with van der Waals surface area (Å²) in [6, 6.07) is 7.97. The van der Waals surface area contributed by atoms with E-state index < -0.39 is 5.91 Å². The van der Waals surface area contributed by atoms with Crippen LogP contribution in [0, 0.1) is 5.92 Å². The summed E-state index contributed by atoms with van der Waals surface area (Å²) in [5.41, 5.74) is 7.76. The molecule has 0 aliphatic carbocycles. The van der Waals surface area contributed by atoms with Crippen LogP contribution in [0.4, 0.5) is 23.1 Å². The first-order valence-corrected chi connectivity index (χ1v) is 11.3. The summed E-state index contributed by atoms with van der Waals surface area (Å²) in [6.45, 7) is 6.15. The maximum atomic E-state index is 11.9. The molecule has 10 nitrogen and oxygen atoms in total. The monoisotopic (exact) mass is 453 g/mol. The minimum absolute atomic E-state index is 0.106. The fourth-order valence-corrected chi connectivity index (χ4v) is 4.42. The van der Waals surface area contributed by atoms with E-state index in [0.29, 0.717) is 18.3 Å². The van der Waals surface area contributed by atoms with Gasteiger partial charge in [-0.3, -0.25) is 9.59 Å². The van der Waals surface area contributed by atoms with E-state index in [1.165, 1.54) is 6.20 Å². The SMILES string of the molecule is CC(=O)N1CCN(c2ccc(Nc3ncc(C(N)=O)c(N4CCCC(CO)C4)n3)cc2)CC1. The van der Waals surface area contributed by atoms with Crippen LogP contribution in [0.3, 0.4) is 0 Å². The fourth-order valence-electron chi connectivity index (χ4n) is 4.42. The molecule has 2 fully saturated rings. The Morgan fingerprint density at radius 2 is 1.85 bits per heavy atom. The number of benzene rings is 1. The average molecular weight is 454 g/mol. The number of nitrogens with one attached hydrogen (secondary N) is 1. The number of amides is 2. The number of carbonyl (C=O) groups excluding carboxylic acids is 2. The summed E-state index contributed by atoms with van der Waals surface area (Å²) < 4.78 is 0. The van der Waals surface area contributed by atoms with Crippen LogP contribution in [0.2, 0.25) is 0 Å². The molecule has 1 aromatic carbocycles. The van der Waals surface area contributed by atoms with E-state index >= 15 is 0 Å². The summed E-state index contributed by atoms with van der Waals surface area (Å²) in [5.74, 6) is 0.571. The normalized spacial score (nSPS) is 18.8. The molecular formula is C23H31N7O3. The zero-order valence-electron chi connectivity index (χ0n) is 18.9. The smallest absolute Gasteiger partial charge is 0.254 e. The first-order valence-electron chi connectivity index (χ1n) is 11.3. The zero-order chi connectivity index (χ0) is 23.4.